The number of aromatic nitrogens is 2. The van der Waals surface area contributed by atoms with Crippen LogP contribution in [0, 0.1) is 0 Å². The smallest absolute Gasteiger partial charge is 0.445 e. The summed E-state index contributed by atoms with van der Waals surface area (Å²) >= 11 is 0. The van der Waals surface area contributed by atoms with Gasteiger partial charge in [-0.05, 0) is 12.1 Å². The molecule has 0 bridgehead atoms. The van der Waals surface area contributed by atoms with E-state index in [1.807, 2.05) is 0 Å². The molecule has 3 nitrogen and oxygen atoms in total. The summed E-state index contributed by atoms with van der Waals surface area (Å²) in [4.78, 5) is 15.5. The number of para-hydroxylation sites is 2. The van der Waals surface area contributed by atoms with E-state index in [0.29, 0.717) is 11.0 Å². The van der Waals surface area contributed by atoms with Crippen LogP contribution in [0.25, 0.3) is 11.0 Å². The number of rotatable bonds is 3. The molecular formula is C11H9BF3KN2O. The third kappa shape index (κ3) is 3.79. The zero-order chi connectivity index (χ0) is 13.3. The number of nitrogens with zero attached hydrogens (tertiary/aromatic N) is 2. The first-order valence-corrected chi connectivity index (χ1v) is 5.22. The summed E-state index contributed by atoms with van der Waals surface area (Å²) in [5.74, 6) is 0. The van der Waals surface area contributed by atoms with E-state index in [2.05, 4.69) is 11.6 Å². The van der Waals surface area contributed by atoms with Crippen molar-refractivity contribution in [1.82, 2.24) is 9.55 Å². The van der Waals surface area contributed by atoms with Crippen LogP contribution in [0.5, 0.6) is 0 Å². The van der Waals surface area contributed by atoms with Gasteiger partial charge in [-0.2, -0.15) is 0 Å². The summed E-state index contributed by atoms with van der Waals surface area (Å²) < 4.78 is 38.5. The molecule has 0 amide bonds. The van der Waals surface area contributed by atoms with Crippen molar-refractivity contribution in [3.05, 3.63) is 52.9 Å². The summed E-state index contributed by atoms with van der Waals surface area (Å²) in [6.45, 7) is -2.72. The Kier molecular flexibility index (Phi) is 5.57. The summed E-state index contributed by atoms with van der Waals surface area (Å²) in [6, 6.07) is 6.53. The zero-order valence-corrected chi connectivity index (χ0v) is 13.4. The first-order chi connectivity index (χ1) is 8.39. The van der Waals surface area contributed by atoms with Crippen LogP contribution in [-0.4, -0.2) is 16.5 Å². The van der Waals surface area contributed by atoms with E-state index in [9.17, 15) is 17.7 Å². The predicted octanol–water partition coefficient (Wildman–Crippen LogP) is -0.657. The summed E-state index contributed by atoms with van der Waals surface area (Å²) in [6.07, 6.45) is 1.01. The summed E-state index contributed by atoms with van der Waals surface area (Å²) in [5.41, 5.74) is -0.644. The van der Waals surface area contributed by atoms with Crippen LogP contribution in [0.2, 0.25) is 0 Å². The van der Waals surface area contributed by atoms with Crippen LogP contribution in [0.4, 0.5) is 12.9 Å². The largest absolute Gasteiger partial charge is 1.00 e. The Morgan fingerprint density at radius 3 is 2.58 bits per heavy atom. The normalized spacial score (nSPS) is 11.1. The number of hydrogen-bond donors (Lipinski definition) is 0. The van der Waals surface area contributed by atoms with E-state index < -0.39 is 24.6 Å². The molecule has 0 atom stereocenters. The van der Waals surface area contributed by atoms with Gasteiger partial charge in [0.25, 0.3) is 5.56 Å². The van der Waals surface area contributed by atoms with Gasteiger partial charge >= 0.3 is 58.4 Å². The molecule has 94 valence electrons. The average Bonchev–Trinajstić information content (AvgIpc) is 2.31. The second kappa shape index (κ2) is 6.36. The average molecular weight is 292 g/mol. The molecule has 2 aromatic rings. The molecule has 2 rings (SSSR count). The first kappa shape index (κ1) is 16.6. The van der Waals surface area contributed by atoms with Gasteiger partial charge in [0.15, 0.2) is 0 Å². The molecule has 1 aromatic carbocycles. The van der Waals surface area contributed by atoms with Crippen LogP contribution >= 0.6 is 0 Å². The van der Waals surface area contributed by atoms with Crippen molar-refractivity contribution in [3.8, 4) is 0 Å². The minimum absolute atomic E-state index is 0. The van der Waals surface area contributed by atoms with E-state index in [1.165, 1.54) is 0 Å². The Labute approximate surface area is 150 Å². The molecule has 1 heterocycles. The molecule has 1 aromatic heterocycles. The Balaban J connectivity index is 0.00000180. The van der Waals surface area contributed by atoms with Crippen molar-refractivity contribution in [2.24, 2.45) is 0 Å². The molecule has 0 N–H and O–H groups in total. The van der Waals surface area contributed by atoms with Crippen molar-refractivity contribution in [2.45, 2.75) is 6.54 Å². The topological polar surface area (TPSA) is 34.9 Å². The van der Waals surface area contributed by atoms with Crippen molar-refractivity contribution in [1.29, 1.82) is 0 Å². The van der Waals surface area contributed by atoms with E-state index in [0.717, 1.165) is 10.8 Å². The van der Waals surface area contributed by atoms with Gasteiger partial charge in [0, 0.05) is 6.54 Å². The van der Waals surface area contributed by atoms with Gasteiger partial charge in [-0.15, -0.1) is 12.1 Å². The van der Waals surface area contributed by atoms with Crippen LogP contribution in [0.3, 0.4) is 0 Å². The molecule has 19 heavy (non-hydrogen) atoms. The number of hydrogen-bond acceptors (Lipinski definition) is 2. The summed E-state index contributed by atoms with van der Waals surface area (Å²) in [5, 5.41) is 0. The maximum absolute atomic E-state index is 12.5. The quantitative estimate of drug-likeness (QED) is 0.704. The molecule has 0 saturated carbocycles. The zero-order valence-electron chi connectivity index (χ0n) is 10.3. The minimum Gasteiger partial charge on any atom is -0.445 e. The number of allylic oxidation sites excluding steroid dienone is 1. The summed E-state index contributed by atoms with van der Waals surface area (Å²) in [7, 11) is 0. The van der Waals surface area contributed by atoms with Crippen LogP contribution in [0.15, 0.2) is 47.3 Å². The maximum Gasteiger partial charge on any atom is 1.00 e. The second-order valence-electron chi connectivity index (χ2n) is 3.90. The minimum atomic E-state index is -5.15. The van der Waals surface area contributed by atoms with E-state index >= 15 is 0 Å². The van der Waals surface area contributed by atoms with Crippen LogP contribution in [-0.2, 0) is 6.54 Å². The Bertz CT molecular complexity index is 669. The van der Waals surface area contributed by atoms with E-state index in [1.54, 1.807) is 24.3 Å². The van der Waals surface area contributed by atoms with Gasteiger partial charge in [0.2, 0.25) is 0 Å². The SMILES string of the molecule is C=C(Cn1c(=O)cnc2ccccc21)[B-](F)(F)F.[K+]. The monoisotopic (exact) mass is 292 g/mol. The fourth-order valence-electron chi connectivity index (χ4n) is 1.58. The molecule has 0 aliphatic heterocycles. The first-order valence-electron chi connectivity index (χ1n) is 5.22. The third-order valence-corrected chi connectivity index (χ3v) is 2.58. The molecule has 0 spiro atoms. The van der Waals surface area contributed by atoms with Gasteiger partial charge in [-0.3, -0.25) is 4.79 Å². The Morgan fingerprint density at radius 2 is 1.95 bits per heavy atom. The Morgan fingerprint density at radius 1 is 1.32 bits per heavy atom. The van der Waals surface area contributed by atoms with Crippen molar-refractivity contribution in [2.75, 3.05) is 0 Å². The molecule has 0 aliphatic carbocycles. The fraction of sp³-hybridized carbons (Fsp3) is 0.0909. The van der Waals surface area contributed by atoms with Gasteiger partial charge in [-0.1, -0.05) is 12.1 Å². The standard InChI is InChI=1S/C11H9BF3N2O.K/c1-8(12(13,14)15)7-17-10-5-3-2-4-9(10)16-6-11(17)18;/h2-6H,1,7H2;/q-1;+1. The Hall–Kier alpha value is -0.409. The molecule has 0 saturated heterocycles. The fourth-order valence-corrected chi connectivity index (χ4v) is 1.58. The molecule has 0 radical (unpaired) electrons. The molecular weight excluding hydrogens is 283 g/mol. The number of halogens is 3. The third-order valence-electron chi connectivity index (χ3n) is 2.58. The maximum atomic E-state index is 12.5. The van der Waals surface area contributed by atoms with Gasteiger partial charge in [-0.25, -0.2) is 4.98 Å². The number of benzene rings is 1. The predicted molar refractivity (Wildman–Crippen MR) is 64.2 cm³/mol. The van der Waals surface area contributed by atoms with E-state index in [-0.39, 0.29) is 51.4 Å². The van der Waals surface area contributed by atoms with Crippen molar-refractivity contribution in [3.63, 3.8) is 0 Å². The molecule has 0 fully saturated rings. The van der Waals surface area contributed by atoms with Crippen LogP contribution < -0.4 is 56.9 Å². The van der Waals surface area contributed by atoms with Gasteiger partial charge in [0.1, 0.15) is 0 Å². The van der Waals surface area contributed by atoms with Gasteiger partial charge in [0.05, 0.1) is 17.2 Å². The molecule has 0 aliphatic rings. The van der Waals surface area contributed by atoms with Gasteiger partial charge < -0.3 is 17.5 Å². The molecule has 8 heteroatoms. The molecule has 0 unspecified atom stereocenters. The number of fused-ring (bicyclic) bond motifs is 1. The van der Waals surface area contributed by atoms with E-state index in [4.69, 9.17) is 0 Å². The van der Waals surface area contributed by atoms with Crippen LogP contribution in [0.1, 0.15) is 0 Å². The second-order valence-corrected chi connectivity index (χ2v) is 3.90. The van der Waals surface area contributed by atoms with Crippen molar-refractivity contribution < 1.29 is 64.3 Å². The van der Waals surface area contributed by atoms with Crippen molar-refractivity contribution >= 4 is 18.0 Å².